The maximum absolute atomic E-state index is 10.2. The number of hydrogen-bond acceptors (Lipinski definition) is 6. The number of likely N-dealkylation sites (N-methyl/N-ethyl adjacent to an activating group) is 1. The summed E-state index contributed by atoms with van der Waals surface area (Å²) in [6.45, 7) is 0.600. The number of aryl methyl sites for hydroxylation is 1. The molecule has 1 heterocycles. The predicted molar refractivity (Wildman–Crippen MR) is 103 cm³/mol. The lowest BCUT2D eigenvalue weighted by Gasteiger charge is -2.35. The summed E-state index contributed by atoms with van der Waals surface area (Å²) >= 11 is 0. The van der Waals surface area contributed by atoms with Crippen LogP contribution in [0.15, 0.2) is 24.3 Å². The van der Waals surface area contributed by atoms with Gasteiger partial charge in [-0.2, -0.15) is 0 Å². The van der Waals surface area contributed by atoms with E-state index >= 15 is 0 Å². The van der Waals surface area contributed by atoms with E-state index in [9.17, 15) is 10.2 Å². The van der Waals surface area contributed by atoms with Crippen molar-refractivity contribution < 1.29 is 25.8 Å². The van der Waals surface area contributed by atoms with Crippen molar-refractivity contribution in [2.75, 3.05) is 34.9 Å². The number of fused-ring (bicyclic) bond motifs is 1. The zero-order valence-corrected chi connectivity index (χ0v) is 16.2. The molecule has 0 saturated heterocycles. The van der Waals surface area contributed by atoms with E-state index in [4.69, 9.17) is 15.6 Å². The van der Waals surface area contributed by atoms with Gasteiger partial charge in [-0.05, 0) is 67.2 Å². The summed E-state index contributed by atoms with van der Waals surface area (Å²) in [4.78, 5) is 2.13. The van der Waals surface area contributed by atoms with Gasteiger partial charge in [-0.1, -0.05) is 0 Å². The molecule has 146 valence electrons. The first kappa shape index (κ1) is 17.8. The van der Waals surface area contributed by atoms with Crippen molar-refractivity contribution in [1.82, 2.24) is 4.90 Å². The van der Waals surface area contributed by atoms with Gasteiger partial charge in [0.15, 0.2) is 23.0 Å². The van der Waals surface area contributed by atoms with Crippen LogP contribution in [-0.4, -0.2) is 50.0 Å². The Morgan fingerprint density at radius 2 is 1.78 bits per heavy atom. The number of hydrogen-bond donors (Lipinski definition) is 2. The highest BCUT2D eigenvalue weighted by Gasteiger charge is 2.26. The third kappa shape index (κ3) is 3.76. The first-order valence-electron chi connectivity index (χ1n) is 9.44. The van der Waals surface area contributed by atoms with Crippen LogP contribution in [0, 0.1) is 0 Å². The smallest absolute Gasteiger partial charge is 0.203 e. The van der Waals surface area contributed by atoms with Crippen molar-refractivity contribution in [1.29, 1.82) is 0 Å². The lowest BCUT2D eigenvalue weighted by Crippen LogP contribution is -2.32. The molecule has 0 radical (unpaired) electrons. The minimum absolute atomic E-state index is 0.0443. The van der Waals surface area contributed by atoms with Crippen molar-refractivity contribution in [3.05, 3.63) is 41.0 Å². The molecular formula is C21H27NO5. The number of benzene rings is 2. The highest BCUT2D eigenvalue weighted by atomic mass is 16.5. The van der Waals surface area contributed by atoms with Crippen molar-refractivity contribution in [2.24, 2.45) is 0 Å². The number of nitrogens with zero attached hydrogens (tertiary/aromatic N) is 1. The van der Waals surface area contributed by atoms with Crippen LogP contribution in [0.3, 0.4) is 0 Å². The Morgan fingerprint density at radius 1 is 1.04 bits per heavy atom. The number of phenols is 2. The normalized spacial score (nSPS) is 19.9. The maximum atomic E-state index is 10.2. The van der Waals surface area contributed by atoms with E-state index in [1.807, 2.05) is 13.1 Å². The lowest BCUT2D eigenvalue weighted by atomic mass is 9.88. The standard InChI is InChI=1S/C21H27NO5/c1-22-8-7-14-11-19(25-2)17(23)12-15(14)16(22)6-5-13-9-18(24)21(27-4)20(10-13)26-3/h9-12,16,23-24H,5-8H2,1-4H3/t16-/m1/s1/i7T/t7-,16-. The Labute approximate surface area is 161 Å². The fraction of sp³-hybridized carbons (Fsp3) is 0.429. The number of ether oxygens (including phenoxy) is 3. The molecule has 0 aromatic heterocycles. The van der Waals surface area contributed by atoms with Gasteiger partial charge in [-0.25, -0.2) is 0 Å². The minimum atomic E-state index is -0.393. The van der Waals surface area contributed by atoms with Crippen LogP contribution >= 0.6 is 0 Å². The number of methoxy groups -OCH3 is 3. The number of rotatable bonds is 6. The summed E-state index contributed by atoms with van der Waals surface area (Å²) in [7, 11) is 6.53. The number of aromatic hydroxyl groups is 2. The molecule has 0 saturated carbocycles. The highest BCUT2D eigenvalue weighted by molar-refractivity contribution is 5.53. The molecule has 0 aliphatic carbocycles. The van der Waals surface area contributed by atoms with Gasteiger partial charge in [-0.15, -0.1) is 0 Å². The van der Waals surface area contributed by atoms with Crippen LogP contribution in [0.4, 0.5) is 0 Å². The molecule has 2 aromatic carbocycles. The first-order chi connectivity index (χ1) is 13.4. The first-order valence-corrected chi connectivity index (χ1v) is 8.86. The molecule has 6 heteroatoms. The molecule has 3 rings (SSSR count). The van der Waals surface area contributed by atoms with E-state index in [2.05, 4.69) is 4.90 Å². The molecular weight excluding hydrogens is 346 g/mol. The Hall–Kier alpha value is -2.60. The van der Waals surface area contributed by atoms with E-state index in [-0.39, 0.29) is 17.5 Å². The molecule has 2 atom stereocenters. The summed E-state index contributed by atoms with van der Waals surface area (Å²) in [5, 5.41) is 20.4. The largest absolute Gasteiger partial charge is 0.504 e. The predicted octanol–water partition coefficient (Wildman–Crippen LogP) is 3.29. The molecule has 1 aliphatic rings. The minimum Gasteiger partial charge on any atom is -0.504 e. The van der Waals surface area contributed by atoms with E-state index in [0.717, 1.165) is 23.1 Å². The van der Waals surface area contributed by atoms with Crippen molar-refractivity contribution >= 4 is 0 Å². The van der Waals surface area contributed by atoms with Gasteiger partial charge < -0.3 is 24.4 Å². The van der Waals surface area contributed by atoms with E-state index in [1.54, 1.807) is 18.2 Å². The Bertz CT molecular complexity index is 857. The van der Waals surface area contributed by atoms with Crippen molar-refractivity contribution in [3.63, 3.8) is 0 Å². The Balaban J connectivity index is 1.88. The second kappa shape index (κ2) is 7.96. The Morgan fingerprint density at radius 3 is 2.44 bits per heavy atom. The highest BCUT2D eigenvalue weighted by Crippen LogP contribution is 2.41. The molecule has 0 fully saturated rings. The molecule has 1 aliphatic heterocycles. The van der Waals surface area contributed by atoms with Crippen LogP contribution in [0.25, 0.3) is 0 Å². The zero-order valence-electron chi connectivity index (χ0n) is 17.2. The quantitative estimate of drug-likeness (QED) is 0.807. The fourth-order valence-electron chi connectivity index (χ4n) is 3.66. The van der Waals surface area contributed by atoms with Gasteiger partial charge in [0.05, 0.1) is 21.3 Å². The second-order valence-electron chi connectivity index (χ2n) is 6.70. The average Bonchev–Trinajstić information content (AvgIpc) is 2.66. The molecule has 2 aromatic rings. The molecule has 0 spiro atoms. The van der Waals surface area contributed by atoms with Gasteiger partial charge in [0.2, 0.25) is 5.75 Å². The topological polar surface area (TPSA) is 71.4 Å². The molecule has 0 amide bonds. The second-order valence-corrected chi connectivity index (χ2v) is 6.70. The van der Waals surface area contributed by atoms with Crippen LogP contribution in [0.2, 0.25) is 0 Å². The van der Waals surface area contributed by atoms with Crippen molar-refractivity contribution in [2.45, 2.75) is 25.3 Å². The summed E-state index contributed by atoms with van der Waals surface area (Å²) in [6, 6.07) is 7.07. The summed E-state index contributed by atoms with van der Waals surface area (Å²) in [5.74, 6) is 1.33. The van der Waals surface area contributed by atoms with E-state index in [1.165, 1.54) is 21.3 Å². The number of phenolic OH excluding ortho intramolecular Hbond substituents is 2. The van der Waals surface area contributed by atoms with Crippen molar-refractivity contribution in [3.8, 4) is 28.7 Å². The summed E-state index contributed by atoms with van der Waals surface area (Å²) in [6.07, 6.45) is 1.06. The molecule has 2 N–H and O–H groups in total. The van der Waals surface area contributed by atoms with Crippen LogP contribution in [0.5, 0.6) is 28.7 Å². The third-order valence-electron chi connectivity index (χ3n) is 5.10. The lowest BCUT2D eigenvalue weighted by molar-refractivity contribution is 0.218. The van der Waals surface area contributed by atoms with Crippen LogP contribution in [-0.2, 0) is 12.8 Å². The maximum Gasteiger partial charge on any atom is 0.203 e. The van der Waals surface area contributed by atoms with Gasteiger partial charge in [0.25, 0.3) is 0 Å². The molecule has 27 heavy (non-hydrogen) atoms. The fourth-order valence-corrected chi connectivity index (χ4v) is 3.66. The molecule has 0 unspecified atom stereocenters. The summed E-state index contributed by atoms with van der Waals surface area (Å²) < 4.78 is 24.1. The van der Waals surface area contributed by atoms with Gasteiger partial charge in [0, 0.05) is 14.0 Å². The monoisotopic (exact) mass is 375 g/mol. The SMILES string of the molecule is [3H][C@@H]1CN(C)[C@H](CCc2cc(O)c(OC)c(OC)c2)c2cc(O)c(OC)cc21. The van der Waals surface area contributed by atoms with Crippen LogP contribution < -0.4 is 14.2 Å². The zero-order chi connectivity index (χ0) is 20.4. The molecule has 0 bridgehead atoms. The Kier molecular flexibility index (Phi) is 5.25. The average molecular weight is 375 g/mol. The summed E-state index contributed by atoms with van der Waals surface area (Å²) in [5.41, 5.74) is 2.75. The third-order valence-corrected chi connectivity index (χ3v) is 5.10. The van der Waals surface area contributed by atoms with Gasteiger partial charge in [-0.3, -0.25) is 4.90 Å². The van der Waals surface area contributed by atoms with E-state index in [0.29, 0.717) is 30.2 Å². The molecule has 6 nitrogen and oxygen atoms in total. The van der Waals surface area contributed by atoms with Gasteiger partial charge in [0.1, 0.15) is 0 Å². The van der Waals surface area contributed by atoms with Gasteiger partial charge >= 0.3 is 0 Å². The van der Waals surface area contributed by atoms with Crippen LogP contribution in [0.1, 0.15) is 30.5 Å². The van der Waals surface area contributed by atoms with E-state index < -0.39 is 6.40 Å².